The van der Waals surface area contributed by atoms with Crippen molar-refractivity contribution in [2.75, 3.05) is 24.5 Å². The molecule has 1 atom stereocenters. The van der Waals surface area contributed by atoms with Crippen molar-refractivity contribution >= 4 is 28.0 Å². The van der Waals surface area contributed by atoms with Crippen LogP contribution in [0, 0.1) is 0 Å². The van der Waals surface area contributed by atoms with Crippen LogP contribution in [0.3, 0.4) is 0 Å². The third kappa shape index (κ3) is 5.30. The molecule has 4 rings (SSSR count). The van der Waals surface area contributed by atoms with Gasteiger partial charge in [-0.2, -0.15) is 0 Å². The molecular formula is C25H28BrN5O3. The molecule has 178 valence electrons. The van der Waals surface area contributed by atoms with Crippen LogP contribution in [0.15, 0.2) is 64.1 Å². The number of hydrogen-bond acceptors (Lipinski definition) is 6. The number of piperazine rings is 1. The summed E-state index contributed by atoms with van der Waals surface area (Å²) in [7, 11) is 1.72. The molecule has 1 saturated heterocycles. The number of halogens is 1. The molecule has 34 heavy (non-hydrogen) atoms. The van der Waals surface area contributed by atoms with E-state index in [1.165, 1.54) is 6.07 Å². The normalized spacial score (nSPS) is 16.4. The van der Waals surface area contributed by atoms with Gasteiger partial charge >= 0.3 is 6.09 Å². The summed E-state index contributed by atoms with van der Waals surface area (Å²) < 4.78 is 8.15. The second-order valence-corrected chi connectivity index (χ2v) is 10.2. The Morgan fingerprint density at radius 2 is 1.76 bits per heavy atom. The van der Waals surface area contributed by atoms with E-state index in [4.69, 9.17) is 9.72 Å². The molecule has 1 aromatic carbocycles. The van der Waals surface area contributed by atoms with Gasteiger partial charge in [0.05, 0.1) is 11.7 Å². The van der Waals surface area contributed by atoms with Gasteiger partial charge in [0, 0.05) is 55.2 Å². The molecule has 1 aliphatic rings. The predicted molar refractivity (Wildman–Crippen MR) is 135 cm³/mol. The summed E-state index contributed by atoms with van der Waals surface area (Å²) in [6.07, 6.45) is 3.01. The highest BCUT2D eigenvalue weighted by Gasteiger charge is 2.34. The lowest BCUT2D eigenvalue weighted by Crippen LogP contribution is -2.52. The minimum absolute atomic E-state index is 0.152. The first kappa shape index (κ1) is 23.9. The number of rotatable bonds is 3. The Morgan fingerprint density at radius 1 is 1.09 bits per heavy atom. The SMILES string of the molecule is Cn1c(N2CCN(C(=O)OC(C)(C)C)C[C@H]2c2ccc(Br)cc2)nc(-c2ccncc2)cc1=O. The summed E-state index contributed by atoms with van der Waals surface area (Å²) >= 11 is 3.49. The molecule has 0 N–H and O–H groups in total. The van der Waals surface area contributed by atoms with Gasteiger partial charge in [0.1, 0.15) is 5.60 Å². The summed E-state index contributed by atoms with van der Waals surface area (Å²) in [5.41, 5.74) is 1.69. The monoisotopic (exact) mass is 525 g/mol. The van der Waals surface area contributed by atoms with Crippen molar-refractivity contribution < 1.29 is 9.53 Å². The van der Waals surface area contributed by atoms with Gasteiger partial charge < -0.3 is 14.5 Å². The van der Waals surface area contributed by atoms with Gasteiger partial charge in [-0.15, -0.1) is 0 Å². The van der Waals surface area contributed by atoms with E-state index < -0.39 is 5.60 Å². The molecule has 1 aliphatic heterocycles. The zero-order valence-electron chi connectivity index (χ0n) is 19.7. The zero-order valence-corrected chi connectivity index (χ0v) is 21.3. The number of anilines is 1. The van der Waals surface area contributed by atoms with Gasteiger partial charge in [0.15, 0.2) is 0 Å². The third-order valence-electron chi connectivity index (χ3n) is 5.63. The molecule has 0 bridgehead atoms. The lowest BCUT2D eigenvalue weighted by atomic mass is 10.0. The maximum Gasteiger partial charge on any atom is 0.410 e. The number of ether oxygens (including phenoxy) is 1. The Bertz CT molecular complexity index is 1220. The van der Waals surface area contributed by atoms with Gasteiger partial charge in [-0.3, -0.25) is 14.3 Å². The molecule has 1 amide bonds. The van der Waals surface area contributed by atoms with E-state index >= 15 is 0 Å². The summed E-state index contributed by atoms with van der Waals surface area (Å²) in [6, 6.07) is 13.0. The van der Waals surface area contributed by atoms with E-state index in [2.05, 4.69) is 25.8 Å². The summed E-state index contributed by atoms with van der Waals surface area (Å²) in [5, 5.41) is 0. The van der Waals surface area contributed by atoms with E-state index in [1.54, 1.807) is 28.9 Å². The fraction of sp³-hybridized carbons (Fsp3) is 0.360. The molecule has 0 radical (unpaired) electrons. The summed E-state index contributed by atoms with van der Waals surface area (Å²) in [5.74, 6) is 0.552. The van der Waals surface area contributed by atoms with Gasteiger partial charge in [-0.1, -0.05) is 28.1 Å². The highest BCUT2D eigenvalue weighted by molar-refractivity contribution is 9.10. The Hall–Kier alpha value is -3.20. The van der Waals surface area contributed by atoms with E-state index in [9.17, 15) is 9.59 Å². The molecule has 9 heteroatoms. The quantitative estimate of drug-likeness (QED) is 0.504. The van der Waals surface area contributed by atoms with Crippen LogP contribution in [-0.4, -0.2) is 50.8 Å². The van der Waals surface area contributed by atoms with Crippen molar-refractivity contribution in [3.05, 3.63) is 75.2 Å². The second kappa shape index (κ2) is 9.58. The number of carbonyl (C=O) groups is 1. The first-order valence-electron chi connectivity index (χ1n) is 11.1. The largest absolute Gasteiger partial charge is 0.444 e. The number of aromatic nitrogens is 3. The standard InChI is InChI=1S/C25H28BrN5O3/c1-25(2,3)34-24(33)30-13-14-31(21(16-30)18-5-7-19(26)8-6-18)23-28-20(15-22(32)29(23)4)17-9-11-27-12-10-17/h5-12,15,21H,13-14,16H2,1-4H3/t21-/m0/s1. The van der Waals surface area contributed by atoms with Crippen molar-refractivity contribution in [2.24, 2.45) is 7.05 Å². The number of pyridine rings is 1. The van der Waals surface area contributed by atoms with Crippen LogP contribution in [0.25, 0.3) is 11.3 Å². The van der Waals surface area contributed by atoms with Crippen molar-refractivity contribution in [1.82, 2.24) is 19.4 Å². The molecule has 2 aromatic heterocycles. The first-order chi connectivity index (χ1) is 16.1. The number of hydrogen-bond donors (Lipinski definition) is 0. The maximum absolute atomic E-state index is 12.9. The topological polar surface area (TPSA) is 80.6 Å². The van der Waals surface area contributed by atoms with Gasteiger partial charge in [0.25, 0.3) is 5.56 Å². The number of carbonyl (C=O) groups excluding carboxylic acids is 1. The molecule has 8 nitrogen and oxygen atoms in total. The Labute approximate surface area is 207 Å². The molecule has 0 saturated carbocycles. The van der Waals surface area contributed by atoms with Gasteiger partial charge in [-0.25, -0.2) is 9.78 Å². The van der Waals surface area contributed by atoms with Crippen LogP contribution in [0.4, 0.5) is 10.7 Å². The summed E-state index contributed by atoms with van der Waals surface area (Å²) in [6.45, 7) is 6.94. The van der Waals surface area contributed by atoms with E-state index in [-0.39, 0.29) is 17.7 Å². The van der Waals surface area contributed by atoms with E-state index in [0.717, 1.165) is 15.6 Å². The highest BCUT2D eigenvalue weighted by atomic mass is 79.9. The van der Waals surface area contributed by atoms with Crippen molar-refractivity contribution in [3.8, 4) is 11.3 Å². The Balaban J connectivity index is 1.74. The van der Waals surface area contributed by atoms with E-state index in [0.29, 0.717) is 31.3 Å². The average Bonchev–Trinajstić information content (AvgIpc) is 2.80. The zero-order chi connectivity index (χ0) is 24.5. The summed E-state index contributed by atoms with van der Waals surface area (Å²) in [4.78, 5) is 38.5. The lowest BCUT2D eigenvalue weighted by Gasteiger charge is -2.42. The average molecular weight is 526 g/mol. The smallest absolute Gasteiger partial charge is 0.410 e. The van der Waals surface area contributed by atoms with Crippen LogP contribution in [-0.2, 0) is 11.8 Å². The van der Waals surface area contributed by atoms with Gasteiger partial charge in [0.2, 0.25) is 5.95 Å². The Morgan fingerprint density at radius 3 is 2.41 bits per heavy atom. The van der Waals surface area contributed by atoms with Gasteiger partial charge in [-0.05, 0) is 50.6 Å². The molecule has 0 unspecified atom stereocenters. The molecule has 3 heterocycles. The van der Waals surface area contributed by atoms with Crippen LogP contribution in [0.2, 0.25) is 0 Å². The second-order valence-electron chi connectivity index (χ2n) is 9.26. The first-order valence-corrected chi connectivity index (χ1v) is 11.9. The van der Waals surface area contributed by atoms with Crippen molar-refractivity contribution in [3.63, 3.8) is 0 Å². The van der Waals surface area contributed by atoms with Crippen molar-refractivity contribution in [1.29, 1.82) is 0 Å². The number of amides is 1. The minimum Gasteiger partial charge on any atom is -0.444 e. The third-order valence-corrected chi connectivity index (χ3v) is 6.16. The van der Waals surface area contributed by atoms with Crippen LogP contribution < -0.4 is 10.5 Å². The maximum atomic E-state index is 12.9. The minimum atomic E-state index is -0.578. The molecule has 3 aromatic rings. The molecule has 1 fully saturated rings. The fourth-order valence-corrected chi connectivity index (χ4v) is 4.20. The number of benzene rings is 1. The molecule has 0 spiro atoms. The highest BCUT2D eigenvalue weighted by Crippen LogP contribution is 2.31. The van der Waals surface area contributed by atoms with Crippen LogP contribution in [0.5, 0.6) is 0 Å². The van der Waals surface area contributed by atoms with E-state index in [1.807, 2.05) is 57.2 Å². The molecular weight excluding hydrogens is 498 g/mol. The Kier molecular flexibility index (Phi) is 6.74. The number of nitrogens with zero attached hydrogens (tertiary/aromatic N) is 5. The lowest BCUT2D eigenvalue weighted by molar-refractivity contribution is 0.0213. The van der Waals surface area contributed by atoms with Crippen LogP contribution in [0.1, 0.15) is 32.4 Å². The predicted octanol–water partition coefficient (Wildman–Crippen LogP) is 4.40. The molecule has 0 aliphatic carbocycles. The fourth-order valence-electron chi connectivity index (χ4n) is 3.94. The van der Waals surface area contributed by atoms with Crippen molar-refractivity contribution in [2.45, 2.75) is 32.4 Å². The van der Waals surface area contributed by atoms with Crippen LogP contribution >= 0.6 is 15.9 Å².